The Labute approximate surface area is 206 Å². The van der Waals surface area contributed by atoms with Gasteiger partial charge in [0.1, 0.15) is 10.4 Å². The van der Waals surface area contributed by atoms with E-state index in [4.69, 9.17) is 12.2 Å². The van der Waals surface area contributed by atoms with Crippen molar-refractivity contribution in [1.29, 1.82) is 0 Å². The number of H-pyrrole nitrogens is 1. The third-order valence-electron chi connectivity index (χ3n) is 5.54. The summed E-state index contributed by atoms with van der Waals surface area (Å²) in [4.78, 5) is 42.1. The molecule has 2 heterocycles. The molecule has 174 valence electrons. The number of aromatic amines is 1. The zero-order valence-electron chi connectivity index (χ0n) is 18.4. The molecule has 3 aromatic rings. The Morgan fingerprint density at radius 2 is 1.94 bits per heavy atom. The van der Waals surface area contributed by atoms with Gasteiger partial charge in [-0.2, -0.15) is 0 Å². The molecule has 1 unspecified atom stereocenters. The Kier molecular flexibility index (Phi) is 7.14. The third-order valence-corrected chi connectivity index (χ3v) is 6.92. The number of fused-ring (bicyclic) bond motifs is 1. The molecule has 1 aromatic heterocycles. The minimum atomic E-state index is -1.12. The third kappa shape index (κ3) is 5.37. The number of rotatable bonds is 8. The molecule has 1 saturated heterocycles. The second-order valence-electron chi connectivity index (χ2n) is 8.02. The summed E-state index contributed by atoms with van der Waals surface area (Å²) in [6.45, 7) is 2.07. The summed E-state index contributed by atoms with van der Waals surface area (Å²) in [5.41, 5.74) is 3.73. The number of thioether (sulfide) groups is 1. The van der Waals surface area contributed by atoms with Crippen molar-refractivity contribution in [3.05, 3.63) is 76.3 Å². The smallest absolute Gasteiger partial charge is 0.326 e. The molecule has 4 rings (SSSR count). The van der Waals surface area contributed by atoms with Crippen LogP contribution in [0.5, 0.6) is 0 Å². The number of benzene rings is 2. The fourth-order valence-electron chi connectivity index (χ4n) is 3.71. The number of aliphatic carboxylic acids is 1. The molecule has 2 aromatic carbocycles. The van der Waals surface area contributed by atoms with Crippen LogP contribution in [-0.4, -0.2) is 49.7 Å². The second kappa shape index (κ2) is 10.2. The number of aryl methyl sites for hydroxylation is 1. The maximum absolute atomic E-state index is 12.8. The highest BCUT2D eigenvalue weighted by Crippen LogP contribution is 2.32. The summed E-state index contributed by atoms with van der Waals surface area (Å²) in [7, 11) is 0. The highest BCUT2D eigenvalue weighted by atomic mass is 32.2. The highest BCUT2D eigenvalue weighted by Gasteiger charge is 2.32. The van der Waals surface area contributed by atoms with Gasteiger partial charge >= 0.3 is 5.97 Å². The van der Waals surface area contributed by atoms with Gasteiger partial charge in [-0.15, -0.1) is 0 Å². The van der Waals surface area contributed by atoms with Crippen molar-refractivity contribution in [3.8, 4) is 0 Å². The number of nitrogens with zero attached hydrogens (tertiary/aromatic N) is 1. The summed E-state index contributed by atoms with van der Waals surface area (Å²) in [6, 6.07) is 14.3. The molecule has 1 aliphatic rings. The maximum atomic E-state index is 12.8. The molecule has 9 heteroatoms. The predicted octanol–water partition coefficient (Wildman–Crippen LogP) is 3.88. The maximum Gasteiger partial charge on any atom is 0.326 e. The van der Waals surface area contributed by atoms with Crippen LogP contribution in [0.2, 0.25) is 0 Å². The van der Waals surface area contributed by atoms with E-state index in [1.807, 2.05) is 55.5 Å². The standard InChI is InChI=1S/C25H23N3O4S2/c1-15-6-8-16(9-7-15)12-21-23(30)28(25(33)34-21)11-10-22(29)27-20(24(31)32)13-17-14-26-19-5-3-2-4-18(17)19/h2-9,12,14,20,26H,10-11,13H2,1H3,(H,27,29)(H,31,32)/b21-12-. The van der Waals surface area contributed by atoms with Crippen molar-refractivity contribution in [3.63, 3.8) is 0 Å². The first kappa shape index (κ1) is 23.7. The van der Waals surface area contributed by atoms with Crippen molar-refractivity contribution >= 4 is 63.1 Å². The van der Waals surface area contributed by atoms with E-state index in [0.717, 1.165) is 27.6 Å². The van der Waals surface area contributed by atoms with E-state index in [1.165, 1.54) is 16.7 Å². The topological polar surface area (TPSA) is 102 Å². The van der Waals surface area contributed by atoms with Gasteiger partial charge in [0, 0.05) is 36.5 Å². The summed E-state index contributed by atoms with van der Waals surface area (Å²) in [5, 5.41) is 13.1. The van der Waals surface area contributed by atoms with Gasteiger partial charge in [0.25, 0.3) is 5.91 Å². The first-order valence-electron chi connectivity index (χ1n) is 10.7. The van der Waals surface area contributed by atoms with Crippen LogP contribution >= 0.6 is 24.0 Å². The number of thiocarbonyl (C=S) groups is 1. The van der Waals surface area contributed by atoms with E-state index in [9.17, 15) is 19.5 Å². The normalized spacial score (nSPS) is 15.8. The lowest BCUT2D eigenvalue weighted by atomic mass is 10.0. The van der Waals surface area contributed by atoms with Crippen LogP contribution in [0.3, 0.4) is 0 Å². The van der Waals surface area contributed by atoms with Crippen molar-refractivity contribution in [2.75, 3.05) is 6.54 Å². The van der Waals surface area contributed by atoms with Gasteiger partial charge in [-0.25, -0.2) is 4.79 Å². The highest BCUT2D eigenvalue weighted by molar-refractivity contribution is 8.26. The molecule has 1 aliphatic heterocycles. The van der Waals surface area contributed by atoms with Crippen LogP contribution < -0.4 is 5.32 Å². The number of nitrogens with one attached hydrogen (secondary N) is 2. The molecule has 0 aliphatic carbocycles. The van der Waals surface area contributed by atoms with Crippen LogP contribution in [0.15, 0.2) is 59.6 Å². The Morgan fingerprint density at radius 1 is 1.21 bits per heavy atom. The molecular formula is C25H23N3O4S2. The number of aromatic nitrogens is 1. The van der Waals surface area contributed by atoms with E-state index >= 15 is 0 Å². The molecule has 34 heavy (non-hydrogen) atoms. The van der Waals surface area contributed by atoms with Crippen molar-refractivity contribution < 1.29 is 19.5 Å². The van der Waals surface area contributed by atoms with Crippen LogP contribution in [0.4, 0.5) is 0 Å². The fourth-order valence-corrected chi connectivity index (χ4v) is 5.02. The monoisotopic (exact) mass is 493 g/mol. The predicted molar refractivity (Wildman–Crippen MR) is 137 cm³/mol. The summed E-state index contributed by atoms with van der Waals surface area (Å²) in [5.74, 6) is -1.83. The number of carboxylic acid groups (broad SMARTS) is 1. The molecule has 0 saturated carbocycles. The van der Waals surface area contributed by atoms with Gasteiger partial charge in [0.15, 0.2) is 0 Å². The van der Waals surface area contributed by atoms with Crippen LogP contribution in [0.1, 0.15) is 23.1 Å². The Bertz CT molecular complexity index is 1300. The first-order valence-corrected chi connectivity index (χ1v) is 11.9. The van der Waals surface area contributed by atoms with Crippen LogP contribution in [0, 0.1) is 6.92 Å². The number of carbonyl (C=O) groups excluding carboxylic acids is 2. The van der Waals surface area contributed by atoms with Crippen molar-refractivity contribution in [2.45, 2.75) is 25.8 Å². The molecule has 2 amide bonds. The quantitative estimate of drug-likeness (QED) is 0.325. The van der Waals surface area contributed by atoms with Gasteiger partial charge in [-0.05, 0) is 30.2 Å². The molecule has 0 radical (unpaired) electrons. The van der Waals surface area contributed by atoms with Gasteiger partial charge < -0.3 is 15.4 Å². The Hall–Kier alpha value is -3.43. The van der Waals surface area contributed by atoms with E-state index in [2.05, 4.69) is 10.3 Å². The van der Waals surface area contributed by atoms with Crippen molar-refractivity contribution in [1.82, 2.24) is 15.2 Å². The summed E-state index contributed by atoms with van der Waals surface area (Å²) in [6.07, 6.45) is 3.63. The van der Waals surface area contributed by atoms with Crippen molar-refractivity contribution in [2.24, 2.45) is 0 Å². The van der Waals surface area contributed by atoms with E-state index in [-0.39, 0.29) is 25.3 Å². The Morgan fingerprint density at radius 3 is 2.68 bits per heavy atom. The lowest BCUT2D eigenvalue weighted by molar-refractivity contribution is -0.141. The summed E-state index contributed by atoms with van der Waals surface area (Å²) < 4.78 is 0.379. The van der Waals surface area contributed by atoms with Crippen LogP contribution in [-0.2, 0) is 20.8 Å². The molecule has 0 spiro atoms. The minimum absolute atomic E-state index is 0.0537. The minimum Gasteiger partial charge on any atom is -0.480 e. The van der Waals surface area contributed by atoms with E-state index in [1.54, 1.807) is 12.3 Å². The number of para-hydroxylation sites is 1. The molecule has 1 atom stereocenters. The molecule has 0 bridgehead atoms. The zero-order valence-corrected chi connectivity index (χ0v) is 20.0. The number of hydrogen-bond donors (Lipinski definition) is 3. The van der Waals surface area contributed by atoms with Gasteiger partial charge in [-0.3, -0.25) is 14.5 Å². The molecular weight excluding hydrogens is 470 g/mol. The average Bonchev–Trinajstić information content (AvgIpc) is 3.33. The molecule has 7 nitrogen and oxygen atoms in total. The second-order valence-corrected chi connectivity index (χ2v) is 9.69. The lowest BCUT2D eigenvalue weighted by Gasteiger charge is -2.17. The van der Waals surface area contributed by atoms with E-state index in [0.29, 0.717) is 9.23 Å². The number of hydrogen-bond acceptors (Lipinski definition) is 5. The molecule has 1 fully saturated rings. The lowest BCUT2D eigenvalue weighted by Crippen LogP contribution is -2.43. The average molecular weight is 494 g/mol. The van der Waals surface area contributed by atoms with Gasteiger partial charge in [0.05, 0.1) is 4.91 Å². The van der Waals surface area contributed by atoms with Gasteiger partial charge in [-0.1, -0.05) is 72.0 Å². The molecule has 3 N–H and O–H groups in total. The summed E-state index contributed by atoms with van der Waals surface area (Å²) >= 11 is 6.53. The Balaban J connectivity index is 1.36. The van der Waals surface area contributed by atoms with Gasteiger partial charge in [0.2, 0.25) is 5.91 Å². The number of carboxylic acids is 1. The van der Waals surface area contributed by atoms with E-state index < -0.39 is 17.9 Å². The SMILES string of the molecule is Cc1ccc(/C=C2\SC(=S)N(CCC(=O)NC(Cc3c[nH]c4ccccc34)C(=O)O)C2=O)cc1. The number of amides is 2. The number of carbonyl (C=O) groups is 3. The fraction of sp³-hybridized carbons (Fsp3) is 0.200. The first-order chi connectivity index (χ1) is 16.3. The largest absolute Gasteiger partial charge is 0.480 e. The van der Waals surface area contributed by atoms with Crippen LogP contribution in [0.25, 0.3) is 17.0 Å². The zero-order chi connectivity index (χ0) is 24.2.